The molecule has 0 aromatic heterocycles. The van der Waals surface area contributed by atoms with E-state index >= 15 is 0 Å². The van der Waals surface area contributed by atoms with Gasteiger partial charge < -0.3 is 9.92 Å². The lowest BCUT2D eigenvalue weighted by atomic mass is 9.70. The molecule has 2 N–H and O–H groups in total. The second kappa shape index (κ2) is 7.91. The van der Waals surface area contributed by atoms with Crippen LogP contribution in [0.3, 0.4) is 0 Å². The van der Waals surface area contributed by atoms with Gasteiger partial charge in [0.05, 0.1) is 5.54 Å². The first kappa shape index (κ1) is 25.4. The lowest BCUT2D eigenvalue weighted by molar-refractivity contribution is 0.155. The smallest absolute Gasteiger partial charge is 0.334 e. The molecule has 0 atom stereocenters. The van der Waals surface area contributed by atoms with Crippen molar-refractivity contribution in [3.05, 3.63) is 34.4 Å². The van der Waals surface area contributed by atoms with Gasteiger partial charge in [-0.25, -0.2) is 4.79 Å². The van der Waals surface area contributed by atoms with Crippen LogP contribution in [0.1, 0.15) is 91.5 Å². The van der Waals surface area contributed by atoms with E-state index in [1.165, 1.54) is 4.31 Å². The van der Waals surface area contributed by atoms with Crippen LogP contribution in [0, 0.1) is 6.92 Å². The molecule has 0 spiro atoms. The summed E-state index contributed by atoms with van der Waals surface area (Å²) in [6.07, 6.45) is -1.34. The quantitative estimate of drug-likeness (QED) is 0.727. The van der Waals surface area contributed by atoms with Crippen molar-refractivity contribution in [1.29, 1.82) is 0 Å². The Balaban J connectivity index is 4.05. The van der Waals surface area contributed by atoms with Crippen molar-refractivity contribution in [2.24, 2.45) is 5.73 Å². The maximum atomic E-state index is 13.0. The number of amides is 1. The highest BCUT2D eigenvalue weighted by Gasteiger charge is 2.45. The SMILES string of the molecule is Cc1cc(C(C)(C)C)c(C(C)(C)N(C(C)C)S(=O)(=O)OC(N)=O)c(C(C)(C)C)c1. The second-order valence-corrected chi connectivity index (χ2v) is 12.0. The number of nitrogens with zero attached hydrogens (tertiary/aromatic N) is 1. The van der Waals surface area contributed by atoms with E-state index in [-0.39, 0.29) is 10.8 Å². The van der Waals surface area contributed by atoms with Crippen LogP contribution in [0.2, 0.25) is 0 Å². The summed E-state index contributed by atoms with van der Waals surface area (Å²) >= 11 is 0. The fraction of sp³-hybridized carbons (Fsp3) is 0.682. The molecule has 0 saturated carbocycles. The zero-order valence-corrected chi connectivity index (χ0v) is 20.6. The summed E-state index contributed by atoms with van der Waals surface area (Å²) in [6, 6.07) is 3.77. The van der Waals surface area contributed by atoms with Gasteiger partial charge in [-0.2, -0.15) is 12.7 Å². The average molecular weight is 427 g/mol. The van der Waals surface area contributed by atoms with E-state index in [0.29, 0.717) is 0 Å². The molecule has 0 aliphatic rings. The molecule has 0 bridgehead atoms. The molecule has 166 valence electrons. The lowest BCUT2D eigenvalue weighted by Gasteiger charge is -2.44. The number of carbonyl (C=O) groups excluding carboxylic acids is 1. The predicted octanol–water partition coefficient (Wildman–Crippen LogP) is 4.88. The van der Waals surface area contributed by atoms with Crippen molar-refractivity contribution < 1.29 is 17.4 Å². The van der Waals surface area contributed by atoms with E-state index < -0.39 is 28.0 Å². The summed E-state index contributed by atoms with van der Waals surface area (Å²) in [5, 5.41) is 0. The van der Waals surface area contributed by atoms with Gasteiger partial charge in [0.2, 0.25) is 0 Å². The molecule has 0 aliphatic carbocycles. The summed E-state index contributed by atoms with van der Waals surface area (Å²) in [5.41, 5.74) is 7.76. The molecule has 29 heavy (non-hydrogen) atoms. The van der Waals surface area contributed by atoms with E-state index in [9.17, 15) is 13.2 Å². The Hall–Kier alpha value is -1.60. The summed E-state index contributed by atoms with van der Waals surface area (Å²) < 4.78 is 31.8. The van der Waals surface area contributed by atoms with Crippen LogP contribution in [0.4, 0.5) is 4.79 Å². The minimum Gasteiger partial charge on any atom is -0.334 e. The molecular weight excluding hydrogens is 388 g/mol. The van der Waals surface area contributed by atoms with Gasteiger partial charge >= 0.3 is 16.4 Å². The summed E-state index contributed by atoms with van der Waals surface area (Å²) in [7, 11) is -4.40. The Morgan fingerprint density at radius 1 is 0.966 bits per heavy atom. The summed E-state index contributed by atoms with van der Waals surface area (Å²) in [4.78, 5) is 11.3. The Bertz CT molecular complexity index is 838. The summed E-state index contributed by atoms with van der Waals surface area (Å²) in [5.74, 6) is 0. The zero-order valence-electron chi connectivity index (χ0n) is 19.8. The largest absolute Gasteiger partial charge is 0.421 e. The first-order chi connectivity index (χ1) is 12.7. The van der Waals surface area contributed by atoms with Gasteiger partial charge in [0.1, 0.15) is 0 Å². The standard InChI is InChI=1S/C22H38N2O4S/c1-14(2)24(29(26,27)28-19(23)25)22(10,11)18-16(20(4,5)6)12-15(3)13-17(18)21(7,8)9/h12-14H,1-11H3,(H2,23,25). The summed E-state index contributed by atoms with van der Waals surface area (Å²) in [6.45, 7) is 21.9. The van der Waals surface area contributed by atoms with Crippen molar-refractivity contribution in [1.82, 2.24) is 4.31 Å². The predicted molar refractivity (Wildman–Crippen MR) is 118 cm³/mol. The van der Waals surface area contributed by atoms with Crippen molar-refractivity contribution >= 4 is 16.4 Å². The molecule has 0 radical (unpaired) electrons. The first-order valence-corrected chi connectivity index (χ1v) is 11.3. The first-order valence-electron chi connectivity index (χ1n) is 9.92. The number of primary amides is 1. The number of hydrogen-bond donors (Lipinski definition) is 1. The molecule has 0 saturated heterocycles. The van der Waals surface area contributed by atoms with E-state index in [4.69, 9.17) is 5.73 Å². The fourth-order valence-corrected chi connectivity index (χ4v) is 5.52. The molecule has 0 heterocycles. The molecule has 1 amide bonds. The van der Waals surface area contributed by atoms with Crippen LogP contribution in [0.5, 0.6) is 0 Å². The second-order valence-electron chi connectivity index (χ2n) is 10.5. The highest BCUT2D eigenvalue weighted by molar-refractivity contribution is 7.84. The number of aryl methyl sites for hydroxylation is 1. The number of rotatable bonds is 5. The minimum atomic E-state index is -4.40. The molecule has 1 aromatic rings. The van der Waals surface area contributed by atoms with Crippen LogP contribution in [-0.4, -0.2) is 24.9 Å². The molecule has 1 aromatic carbocycles. The van der Waals surface area contributed by atoms with Crippen molar-refractivity contribution in [2.75, 3.05) is 0 Å². The Morgan fingerprint density at radius 3 is 1.62 bits per heavy atom. The number of hydrogen-bond acceptors (Lipinski definition) is 4. The normalized spacial score (nSPS) is 13.8. The zero-order chi connectivity index (χ0) is 23.2. The van der Waals surface area contributed by atoms with Crippen molar-refractivity contribution in [3.8, 4) is 0 Å². The third-order valence-corrected chi connectivity index (χ3v) is 6.69. The van der Waals surface area contributed by atoms with Crippen LogP contribution >= 0.6 is 0 Å². The van der Waals surface area contributed by atoms with Gasteiger partial charge in [0.25, 0.3) is 0 Å². The number of nitrogens with two attached hydrogens (primary N) is 1. The van der Waals surface area contributed by atoms with Crippen molar-refractivity contribution in [3.63, 3.8) is 0 Å². The fourth-order valence-electron chi connectivity index (χ4n) is 4.07. The Labute approximate surface area is 177 Å². The number of benzene rings is 1. The van der Waals surface area contributed by atoms with Gasteiger partial charge in [0.15, 0.2) is 0 Å². The molecule has 1 rings (SSSR count). The van der Waals surface area contributed by atoms with Gasteiger partial charge in [-0.3, -0.25) is 0 Å². The minimum absolute atomic E-state index is 0.227. The van der Waals surface area contributed by atoms with E-state index in [1.54, 1.807) is 13.8 Å². The number of carbonyl (C=O) groups is 1. The van der Waals surface area contributed by atoms with Crippen LogP contribution in [-0.2, 0) is 30.9 Å². The van der Waals surface area contributed by atoms with Crippen LogP contribution in [0.25, 0.3) is 0 Å². The third-order valence-electron chi connectivity index (χ3n) is 4.96. The van der Waals surface area contributed by atoms with Gasteiger partial charge in [-0.05, 0) is 62.1 Å². The monoisotopic (exact) mass is 426 g/mol. The highest BCUT2D eigenvalue weighted by Crippen LogP contribution is 2.44. The molecule has 0 fully saturated rings. The van der Waals surface area contributed by atoms with Crippen LogP contribution in [0.15, 0.2) is 12.1 Å². The Morgan fingerprint density at radius 2 is 1.34 bits per heavy atom. The third kappa shape index (κ3) is 5.51. The van der Waals surface area contributed by atoms with E-state index in [2.05, 4.69) is 64.8 Å². The highest BCUT2D eigenvalue weighted by atomic mass is 32.2. The molecule has 0 aliphatic heterocycles. The molecule has 7 heteroatoms. The van der Waals surface area contributed by atoms with Gasteiger partial charge in [-0.15, -0.1) is 0 Å². The molecular formula is C22H38N2O4S. The van der Waals surface area contributed by atoms with Gasteiger partial charge in [0, 0.05) is 6.04 Å². The lowest BCUT2D eigenvalue weighted by Crippen LogP contribution is -2.52. The van der Waals surface area contributed by atoms with E-state index in [0.717, 1.165) is 22.3 Å². The maximum absolute atomic E-state index is 13.0. The molecule has 0 unspecified atom stereocenters. The maximum Gasteiger partial charge on any atom is 0.421 e. The topological polar surface area (TPSA) is 89.7 Å². The van der Waals surface area contributed by atoms with Crippen molar-refractivity contribution in [2.45, 2.75) is 98.6 Å². The van der Waals surface area contributed by atoms with Gasteiger partial charge in [-0.1, -0.05) is 59.2 Å². The van der Waals surface area contributed by atoms with Crippen LogP contribution < -0.4 is 5.73 Å². The Kier molecular flexibility index (Phi) is 6.94. The van der Waals surface area contributed by atoms with E-state index in [1.807, 2.05) is 13.8 Å². The molecule has 6 nitrogen and oxygen atoms in total. The average Bonchev–Trinajstić information content (AvgIpc) is 2.41.